The highest BCUT2D eigenvalue weighted by molar-refractivity contribution is 6.28. The van der Waals surface area contributed by atoms with Crippen molar-refractivity contribution in [2.24, 2.45) is 0 Å². The predicted octanol–water partition coefficient (Wildman–Crippen LogP) is 4.77. The van der Waals surface area contributed by atoms with Crippen molar-refractivity contribution < 1.29 is 14.3 Å². The topological polar surface area (TPSA) is 43.4 Å². The van der Waals surface area contributed by atoms with E-state index >= 15 is 0 Å². The van der Waals surface area contributed by atoms with Crippen LogP contribution in [0, 0.1) is 0 Å². The van der Waals surface area contributed by atoms with Gasteiger partial charge in [-0.2, -0.15) is 0 Å². The zero-order valence-corrected chi connectivity index (χ0v) is 13.5. The summed E-state index contributed by atoms with van der Waals surface area (Å²) in [4.78, 5) is 25.0. The lowest BCUT2D eigenvalue weighted by atomic mass is 9.98. The Hall–Kier alpha value is -3.46. The van der Waals surface area contributed by atoms with Gasteiger partial charge in [0.25, 0.3) is 0 Å². The third kappa shape index (κ3) is 4.09. The molecule has 3 aromatic rings. The molecule has 0 saturated heterocycles. The lowest BCUT2D eigenvalue weighted by Gasteiger charge is -2.08. The van der Waals surface area contributed by atoms with Crippen LogP contribution in [0.15, 0.2) is 97.3 Å². The van der Waals surface area contributed by atoms with E-state index in [4.69, 9.17) is 4.74 Å². The molecule has 0 unspecified atom stereocenters. The number of ether oxygens (including phenoxy) is 1. The van der Waals surface area contributed by atoms with Crippen LogP contribution in [0.5, 0.6) is 0 Å². The number of hydrogen-bond acceptors (Lipinski definition) is 3. The minimum atomic E-state index is -0.505. The monoisotopic (exact) mass is 328 g/mol. The maximum Gasteiger partial charge on any atom is 0.342 e. The number of esters is 1. The second kappa shape index (κ2) is 7.88. The van der Waals surface area contributed by atoms with Gasteiger partial charge in [-0.15, -0.1) is 0 Å². The van der Waals surface area contributed by atoms with Crippen molar-refractivity contribution in [1.82, 2.24) is 0 Å². The zero-order valence-electron chi connectivity index (χ0n) is 13.5. The van der Waals surface area contributed by atoms with Gasteiger partial charge in [0.15, 0.2) is 5.78 Å². The Morgan fingerprint density at radius 1 is 0.600 bits per heavy atom. The van der Waals surface area contributed by atoms with E-state index in [1.54, 1.807) is 48.5 Å². The van der Waals surface area contributed by atoms with E-state index in [-0.39, 0.29) is 5.78 Å². The molecule has 0 aliphatic heterocycles. The van der Waals surface area contributed by atoms with Crippen LogP contribution in [0.25, 0.3) is 5.57 Å². The van der Waals surface area contributed by atoms with Crippen molar-refractivity contribution >= 4 is 17.3 Å². The molecule has 0 amide bonds. The fourth-order valence-electron chi connectivity index (χ4n) is 2.37. The quantitative estimate of drug-likeness (QED) is 0.293. The van der Waals surface area contributed by atoms with Gasteiger partial charge in [0.2, 0.25) is 0 Å². The van der Waals surface area contributed by atoms with Gasteiger partial charge in [0.1, 0.15) is 6.26 Å². The second-order valence-corrected chi connectivity index (χ2v) is 5.36. The van der Waals surface area contributed by atoms with Crippen LogP contribution in [0.1, 0.15) is 26.3 Å². The van der Waals surface area contributed by atoms with Crippen LogP contribution in [-0.4, -0.2) is 11.8 Å². The summed E-state index contributed by atoms with van der Waals surface area (Å²) in [5.74, 6) is -0.706. The lowest BCUT2D eigenvalue weighted by Crippen LogP contribution is -2.06. The Bertz CT molecular complexity index is 882. The molecule has 25 heavy (non-hydrogen) atoms. The molecule has 3 aromatic carbocycles. The zero-order chi connectivity index (χ0) is 17.5. The Morgan fingerprint density at radius 2 is 1.04 bits per heavy atom. The van der Waals surface area contributed by atoms with Gasteiger partial charge in [0.05, 0.1) is 11.1 Å². The summed E-state index contributed by atoms with van der Waals surface area (Å²) < 4.78 is 5.27. The van der Waals surface area contributed by atoms with Crippen molar-refractivity contribution in [3.05, 3.63) is 114 Å². The van der Waals surface area contributed by atoms with E-state index in [1.807, 2.05) is 42.5 Å². The molecule has 0 spiro atoms. The van der Waals surface area contributed by atoms with E-state index in [1.165, 1.54) is 6.26 Å². The minimum absolute atomic E-state index is 0.201. The lowest BCUT2D eigenvalue weighted by molar-refractivity contribution is 0.0664. The molecule has 0 bridgehead atoms. The number of carbonyl (C=O) groups is 2. The molecule has 0 aliphatic carbocycles. The fraction of sp³-hybridized carbons (Fsp3) is 0. The average Bonchev–Trinajstić information content (AvgIpc) is 2.70. The van der Waals surface area contributed by atoms with E-state index in [9.17, 15) is 9.59 Å². The summed E-state index contributed by atoms with van der Waals surface area (Å²) in [6.45, 7) is 0. The van der Waals surface area contributed by atoms with E-state index < -0.39 is 5.97 Å². The second-order valence-electron chi connectivity index (χ2n) is 5.36. The number of hydrogen-bond donors (Lipinski definition) is 0. The van der Waals surface area contributed by atoms with Crippen LogP contribution in [0.3, 0.4) is 0 Å². The van der Waals surface area contributed by atoms with Gasteiger partial charge in [-0.25, -0.2) is 4.79 Å². The van der Waals surface area contributed by atoms with Crippen LogP contribution in [0.2, 0.25) is 0 Å². The normalized spacial score (nSPS) is 11.0. The largest absolute Gasteiger partial charge is 0.430 e. The van der Waals surface area contributed by atoms with Crippen LogP contribution in [0.4, 0.5) is 0 Å². The van der Waals surface area contributed by atoms with E-state index in [2.05, 4.69) is 0 Å². The molecule has 0 aliphatic rings. The summed E-state index contributed by atoms with van der Waals surface area (Å²) in [7, 11) is 0. The molecular formula is C22H16O3. The van der Waals surface area contributed by atoms with Crippen LogP contribution in [-0.2, 0) is 4.74 Å². The maximum absolute atomic E-state index is 12.8. The smallest absolute Gasteiger partial charge is 0.342 e. The number of benzene rings is 3. The standard InChI is InChI=1S/C22H16O3/c23-21(18-12-6-2-7-13-18)20(17-10-4-1-5-11-17)16-25-22(24)19-14-8-3-9-15-19/h1-16H/b20-16+. The van der Waals surface area contributed by atoms with E-state index in [0.717, 1.165) is 0 Å². The molecule has 0 atom stereocenters. The summed E-state index contributed by atoms with van der Waals surface area (Å²) in [6, 6.07) is 26.7. The molecule has 0 heterocycles. The van der Waals surface area contributed by atoms with Crippen molar-refractivity contribution in [2.45, 2.75) is 0 Å². The van der Waals surface area contributed by atoms with E-state index in [0.29, 0.717) is 22.3 Å². The summed E-state index contributed by atoms with van der Waals surface area (Å²) in [5.41, 5.74) is 1.99. The molecule has 0 aromatic heterocycles. The number of rotatable bonds is 5. The number of Topliss-reactive ketones (excluding diaryl/α,β-unsaturated/α-hetero) is 1. The molecule has 0 radical (unpaired) electrons. The van der Waals surface area contributed by atoms with Gasteiger partial charge in [-0.1, -0.05) is 78.9 Å². The Balaban J connectivity index is 1.92. The Kier molecular flexibility index (Phi) is 5.17. The number of allylic oxidation sites excluding steroid dienone is 1. The predicted molar refractivity (Wildman–Crippen MR) is 97.0 cm³/mol. The number of ketones is 1. The molecule has 3 rings (SSSR count). The number of carbonyl (C=O) groups excluding carboxylic acids is 2. The Labute approximate surface area is 146 Å². The van der Waals surface area contributed by atoms with Gasteiger partial charge < -0.3 is 4.74 Å². The highest BCUT2D eigenvalue weighted by atomic mass is 16.5. The van der Waals surface area contributed by atoms with Gasteiger partial charge in [0, 0.05) is 5.56 Å². The van der Waals surface area contributed by atoms with Crippen molar-refractivity contribution in [1.29, 1.82) is 0 Å². The molecule has 122 valence electrons. The van der Waals surface area contributed by atoms with Gasteiger partial charge in [-0.3, -0.25) is 4.79 Å². The third-order valence-electron chi connectivity index (χ3n) is 3.66. The summed E-state index contributed by atoms with van der Waals surface area (Å²) >= 11 is 0. The molecule has 0 saturated carbocycles. The van der Waals surface area contributed by atoms with Gasteiger partial charge >= 0.3 is 5.97 Å². The molecular weight excluding hydrogens is 312 g/mol. The first-order valence-corrected chi connectivity index (χ1v) is 7.87. The first-order valence-electron chi connectivity index (χ1n) is 7.87. The molecule has 0 N–H and O–H groups in total. The molecule has 3 heteroatoms. The first kappa shape index (κ1) is 16.4. The van der Waals surface area contributed by atoms with Crippen molar-refractivity contribution in [3.8, 4) is 0 Å². The minimum Gasteiger partial charge on any atom is -0.430 e. The van der Waals surface area contributed by atoms with Crippen LogP contribution < -0.4 is 0 Å². The molecule has 0 fully saturated rings. The average molecular weight is 328 g/mol. The fourth-order valence-corrected chi connectivity index (χ4v) is 2.37. The highest BCUT2D eigenvalue weighted by Gasteiger charge is 2.16. The summed E-state index contributed by atoms with van der Waals surface area (Å²) in [6.07, 6.45) is 1.24. The third-order valence-corrected chi connectivity index (χ3v) is 3.66. The SMILES string of the molecule is O=C(O/C=C(/C(=O)c1ccccc1)c1ccccc1)c1ccccc1. The van der Waals surface area contributed by atoms with Crippen LogP contribution >= 0.6 is 0 Å². The van der Waals surface area contributed by atoms with Crippen molar-refractivity contribution in [3.63, 3.8) is 0 Å². The summed E-state index contributed by atoms with van der Waals surface area (Å²) in [5, 5.41) is 0. The van der Waals surface area contributed by atoms with Crippen molar-refractivity contribution in [2.75, 3.05) is 0 Å². The molecule has 3 nitrogen and oxygen atoms in total. The first-order chi connectivity index (χ1) is 12.3. The van der Waals surface area contributed by atoms with Gasteiger partial charge in [-0.05, 0) is 17.7 Å². The highest BCUT2D eigenvalue weighted by Crippen LogP contribution is 2.20. The maximum atomic E-state index is 12.8. The Morgan fingerprint density at radius 3 is 1.56 bits per heavy atom.